The van der Waals surface area contributed by atoms with Crippen LogP contribution in [0.4, 0.5) is 0 Å². The molecule has 2 aromatic heterocycles. The third-order valence-electron chi connectivity index (χ3n) is 5.28. The van der Waals surface area contributed by atoms with Gasteiger partial charge in [-0.3, -0.25) is 18.9 Å². The van der Waals surface area contributed by atoms with Gasteiger partial charge in [0.05, 0.1) is 4.91 Å². The zero-order chi connectivity index (χ0) is 23.9. The molecule has 4 rings (SSSR count). The van der Waals surface area contributed by atoms with Crippen molar-refractivity contribution < 1.29 is 9.53 Å². The van der Waals surface area contributed by atoms with Crippen LogP contribution in [0.5, 0.6) is 11.6 Å². The van der Waals surface area contributed by atoms with Crippen molar-refractivity contribution in [3.05, 3.63) is 75.0 Å². The minimum atomic E-state index is -0.322. The maximum Gasteiger partial charge on any atom is 0.269 e. The Labute approximate surface area is 202 Å². The number of fused-ring (bicyclic) bond motifs is 1. The molecular weight excluding hydrogens is 454 g/mol. The summed E-state index contributed by atoms with van der Waals surface area (Å²) in [6.07, 6.45) is 3.18. The van der Waals surface area contributed by atoms with Gasteiger partial charge >= 0.3 is 0 Å². The van der Waals surface area contributed by atoms with Crippen molar-refractivity contribution in [1.29, 1.82) is 0 Å². The highest BCUT2D eigenvalue weighted by atomic mass is 32.2. The predicted molar refractivity (Wildman–Crippen MR) is 137 cm³/mol. The standard InChI is InChI=1S/C25H25N3O3S2/c1-15(2)28-23(30)19(33-24(28)32)14-18-21(26-20-8-6-7-13-27(20)22(18)29)31-17-11-9-16(10-12-17)25(3,4)5/h6-15H,1-5H3. The molecule has 8 heteroatoms. The Balaban J connectivity index is 1.81. The highest BCUT2D eigenvalue weighted by Gasteiger charge is 2.34. The summed E-state index contributed by atoms with van der Waals surface area (Å²) in [6, 6.07) is 12.9. The van der Waals surface area contributed by atoms with Crippen LogP contribution in [0.1, 0.15) is 45.7 Å². The highest BCUT2D eigenvalue weighted by molar-refractivity contribution is 8.26. The lowest BCUT2D eigenvalue weighted by Gasteiger charge is -2.19. The number of carbonyl (C=O) groups is 1. The maximum atomic E-state index is 13.3. The van der Waals surface area contributed by atoms with Gasteiger partial charge in [0.1, 0.15) is 21.3 Å². The minimum absolute atomic E-state index is 0.00883. The molecule has 0 N–H and O–H groups in total. The first-order valence-corrected chi connectivity index (χ1v) is 11.9. The molecule has 0 unspecified atom stereocenters. The maximum absolute atomic E-state index is 13.3. The topological polar surface area (TPSA) is 63.9 Å². The van der Waals surface area contributed by atoms with E-state index in [0.29, 0.717) is 20.6 Å². The SMILES string of the molecule is CC(C)N1C(=O)C(=Cc2c(Oc3ccc(C(C)(C)C)cc3)nc3ccccn3c2=O)SC1=S. The van der Waals surface area contributed by atoms with Crippen molar-refractivity contribution in [2.75, 3.05) is 0 Å². The number of thioether (sulfide) groups is 1. The average molecular weight is 480 g/mol. The van der Waals surface area contributed by atoms with Crippen molar-refractivity contribution in [2.24, 2.45) is 0 Å². The zero-order valence-corrected chi connectivity index (χ0v) is 20.8. The molecule has 1 fully saturated rings. The largest absolute Gasteiger partial charge is 0.438 e. The Bertz CT molecular complexity index is 1340. The number of thiocarbonyl (C=S) groups is 1. The number of pyridine rings is 1. The summed E-state index contributed by atoms with van der Waals surface area (Å²) in [6.45, 7) is 10.2. The van der Waals surface area contributed by atoms with E-state index in [-0.39, 0.29) is 34.4 Å². The molecule has 0 aliphatic carbocycles. The molecule has 170 valence electrons. The Morgan fingerprint density at radius 2 is 1.79 bits per heavy atom. The molecule has 0 atom stereocenters. The van der Waals surface area contributed by atoms with E-state index in [2.05, 4.69) is 25.8 Å². The number of aromatic nitrogens is 2. The molecule has 1 aliphatic heterocycles. The number of nitrogens with zero attached hydrogens (tertiary/aromatic N) is 3. The van der Waals surface area contributed by atoms with Crippen LogP contribution in [0, 0.1) is 0 Å². The smallest absolute Gasteiger partial charge is 0.269 e. The van der Waals surface area contributed by atoms with E-state index >= 15 is 0 Å². The van der Waals surface area contributed by atoms with Gasteiger partial charge in [0.2, 0.25) is 5.88 Å². The summed E-state index contributed by atoms with van der Waals surface area (Å²) >= 11 is 6.55. The molecule has 0 bridgehead atoms. The van der Waals surface area contributed by atoms with E-state index in [1.54, 1.807) is 29.3 Å². The van der Waals surface area contributed by atoms with E-state index in [4.69, 9.17) is 17.0 Å². The summed E-state index contributed by atoms with van der Waals surface area (Å²) < 4.78 is 7.98. The van der Waals surface area contributed by atoms with Gasteiger partial charge < -0.3 is 4.74 Å². The molecule has 6 nitrogen and oxygen atoms in total. The summed E-state index contributed by atoms with van der Waals surface area (Å²) in [4.78, 5) is 32.8. The van der Waals surface area contributed by atoms with Gasteiger partial charge in [-0.1, -0.05) is 63.0 Å². The Kier molecular flexibility index (Phi) is 6.16. The Hall–Kier alpha value is -2.97. The van der Waals surface area contributed by atoms with Gasteiger partial charge in [-0.15, -0.1) is 0 Å². The average Bonchev–Trinajstić information content (AvgIpc) is 3.03. The van der Waals surface area contributed by atoms with Crippen LogP contribution in [0.3, 0.4) is 0 Å². The zero-order valence-electron chi connectivity index (χ0n) is 19.2. The molecule has 3 heterocycles. The third-order valence-corrected chi connectivity index (χ3v) is 6.61. The van der Waals surface area contributed by atoms with E-state index in [1.807, 2.05) is 38.1 Å². The number of hydrogen-bond donors (Lipinski definition) is 0. The normalized spacial score (nSPS) is 15.8. The summed E-state index contributed by atoms with van der Waals surface area (Å²) in [5, 5.41) is 0. The van der Waals surface area contributed by atoms with Crippen LogP contribution in [-0.2, 0) is 10.2 Å². The second kappa shape index (κ2) is 8.76. The number of amides is 1. The number of ether oxygens (including phenoxy) is 1. The van der Waals surface area contributed by atoms with E-state index in [1.165, 1.54) is 27.8 Å². The first-order chi connectivity index (χ1) is 15.6. The van der Waals surface area contributed by atoms with Crippen molar-refractivity contribution in [3.8, 4) is 11.6 Å². The highest BCUT2D eigenvalue weighted by Crippen LogP contribution is 2.35. The van der Waals surface area contributed by atoms with Crippen LogP contribution in [0.15, 0.2) is 58.4 Å². The summed E-state index contributed by atoms with van der Waals surface area (Å²) in [5.74, 6) is 0.474. The van der Waals surface area contributed by atoms with Gasteiger partial charge in [-0.05, 0) is 55.2 Å². The number of carbonyl (C=O) groups excluding carboxylic acids is 1. The van der Waals surface area contributed by atoms with Crippen LogP contribution in [0.25, 0.3) is 11.7 Å². The van der Waals surface area contributed by atoms with E-state index < -0.39 is 0 Å². The number of hydrogen-bond acceptors (Lipinski definition) is 6. The second-order valence-electron chi connectivity index (χ2n) is 9.09. The molecule has 3 aromatic rings. The third kappa shape index (κ3) is 4.58. The van der Waals surface area contributed by atoms with Crippen LogP contribution < -0.4 is 10.3 Å². The summed E-state index contributed by atoms with van der Waals surface area (Å²) in [7, 11) is 0. The molecular formula is C25H25N3O3S2. The number of rotatable bonds is 4. The Morgan fingerprint density at radius 1 is 1.09 bits per heavy atom. The molecule has 1 saturated heterocycles. The molecule has 1 amide bonds. The first kappa shape index (κ1) is 23.2. The predicted octanol–water partition coefficient (Wildman–Crippen LogP) is 5.39. The van der Waals surface area contributed by atoms with Gasteiger partial charge in [0.25, 0.3) is 11.5 Å². The molecule has 0 spiro atoms. The van der Waals surface area contributed by atoms with Crippen LogP contribution >= 0.6 is 24.0 Å². The quantitative estimate of drug-likeness (QED) is 0.369. The molecule has 1 aliphatic rings. The molecule has 33 heavy (non-hydrogen) atoms. The fraction of sp³-hybridized carbons (Fsp3) is 0.280. The van der Waals surface area contributed by atoms with E-state index in [9.17, 15) is 9.59 Å². The lowest BCUT2D eigenvalue weighted by atomic mass is 9.87. The molecule has 1 aromatic carbocycles. The lowest BCUT2D eigenvalue weighted by Crippen LogP contribution is -2.34. The minimum Gasteiger partial charge on any atom is -0.438 e. The van der Waals surface area contributed by atoms with E-state index in [0.717, 1.165) is 0 Å². The van der Waals surface area contributed by atoms with Gasteiger partial charge in [-0.2, -0.15) is 4.98 Å². The van der Waals surface area contributed by atoms with Gasteiger partial charge in [-0.25, -0.2) is 0 Å². The summed E-state index contributed by atoms with van der Waals surface area (Å²) in [5.41, 5.74) is 1.50. The lowest BCUT2D eigenvalue weighted by molar-refractivity contribution is -0.123. The molecule has 0 radical (unpaired) electrons. The van der Waals surface area contributed by atoms with Gasteiger partial charge in [0.15, 0.2) is 0 Å². The fourth-order valence-corrected chi connectivity index (χ4v) is 4.98. The second-order valence-corrected chi connectivity index (χ2v) is 10.8. The number of benzene rings is 1. The van der Waals surface area contributed by atoms with Crippen molar-refractivity contribution >= 4 is 45.9 Å². The van der Waals surface area contributed by atoms with Crippen molar-refractivity contribution in [1.82, 2.24) is 14.3 Å². The first-order valence-electron chi connectivity index (χ1n) is 10.6. The van der Waals surface area contributed by atoms with Crippen LogP contribution in [0.2, 0.25) is 0 Å². The van der Waals surface area contributed by atoms with Crippen LogP contribution in [-0.4, -0.2) is 30.6 Å². The monoisotopic (exact) mass is 479 g/mol. The fourth-order valence-electron chi connectivity index (χ4n) is 3.47. The molecule has 0 saturated carbocycles. The van der Waals surface area contributed by atoms with Crippen molar-refractivity contribution in [3.63, 3.8) is 0 Å². The Morgan fingerprint density at radius 3 is 2.39 bits per heavy atom. The van der Waals surface area contributed by atoms with Gasteiger partial charge in [0, 0.05) is 12.2 Å². The van der Waals surface area contributed by atoms with Crippen molar-refractivity contribution in [2.45, 2.75) is 46.1 Å².